The van der Waals surface area contributed by atoms with Gasteiger partial charge in [-0.05, 0) is 82.6 Å². The fourth-order valence-corrected chi connectivity index (χ4v) is 5.18. The number of likely N-dealkylation sites (tertiary alicyclic amines) is 1. The summed E-state index contributed by atoms with van der Waals surface area (Å²) in [6, 6.07) is 4.57. The molecule has 1 aliphatic heterocycles. The Hall–Kier alpha value is -1.30. The fraction of sp³-hybridized carbons (Fsp3) is 0.682. The van der Waals surface area contributed by atoms with E-state index in [-0.39, 0.29) is 18.1 Å². The molecule has 1 N–H and O–H groups in total. The van der Waals surface area contributed by atoms with Gasteiger partial charge in [-0.1, -0.05) is 0 Å². The summed E-state index contributed by atoms with van der Waals surface area (Å²) in [4.78, 5) is 18.4. The molecule has 0 amide bonds. The lowest BCUT2D eigenvalue weighted by atomic mass is 9.79. The number of benzene rings is 1. The van der Waals surface area contributed by atoms with Crippen LogP contribution in [0.25, 0.3) is 11.0 Å². The number of ether oxygens (including phenoxy) is 1. The first-order valence-electron chi connectivity index (χ1n) is 10.4. The molecule has 1 saturated heterocycles. The maximum Gasteiger partial charge on any atom is 0.326 e. The van der Waals surface area contributed by atoms with Gasteiger partial charge < -0.3 is 9.72 Å². The van der Waals surface area contributed by atoms with Gasteiger partial charge in [-0.25, -0.2) is 4.79 Å². The van der Waals surface area contributed by atoms with Crippen LogP contribution >= 0.6 is 12.4 Å². The van der Waals surface area contributed by atoms with Gasteiger partial charge in [0.15, 0.2) is 0 Å². The Kier molecular flexibility index (Phi) is 6.28. The van der Waals surface area contributed by atoms with E-state index in [1.165, 1.54) is 24.0 Å². The van der Waals surface area contributed by atoms with Gasteiger partial charge in [-0.3, -0.25) is 9.47 Å². The molecule has 2 aromatic rings. The minimum absolute atomic E-state index is 0. The molecule has 6 heteroatoms. The summed E-state index contributed by atoms with van der Waals surface area (Å²) in [5, 5.41) is 0. The van der Waals surface area contributed by atoms with Gasteiger partial charge in [0.2, 0.25) is 0 Å². The molecule has 0 bridgehead atoms. The summed E-state index contributed by atoms with van der Waals surface area (Å²) in [6.07, 6.45) is 7.27. The number of nitrogens with zero attached hydrogens (tertiary/aromatic N) is 2. The van der Waals surface area contributed by atoms with Gasteiger partial charge in [0.1, 0.15) is 0 Å². The van der Waals surface area contributed by atoms with Gasteiger partial charge in [0.25, 0.3) is 0 Å². The van der Waals surface area contributed by atoms with Crippen molar-refractivity contribution < 1.29 is 4.74 Å². The third kappa shape index (κ3) is 3.77. The molecule has 28 heavy (non-hydrogen) atoms. The largest absolute Gasteiger partial charge is 0.381 e. The summed E-state index contributed by atoms with van der Waals surface area (Å²) in [6.45, 7) is 8.78. The van der Waals surface area contributed by atoms with E-state index in [0.717, 1.165) is 49.8 Å². The van der Waals surface area contributed by atoms with Crippen LogP contribution < -0.4 is 5.69 Å². The SMILES string of the molecule is CO[C@H]1CC[C@](C)(N2CCC(n3c(=O)[nH]c4cc(C)c(C)cc43)CC2)CC1.Cl. The average molecular weight is 408 g/mol. The molecule has 0 radical (unpaired) electrons. The molecule has 1 aromatic heterocycles. The summed E-state index contributed by atoms with van der Waals surface area (Å²) in [5.41, 5.74) is 4.84. The molecule has 0 unspecified atom stereocenters. The van der Waals surface area contributed by atoms with Crippen molar-refractivity contribution in [3.05, 3.63) is 33.7 Å². The van der Waals surface area contributed by atoms with Crippen molar-refractivity contribution >= 4 is 23.4 Å². The van der Waals surface area contributed by atoms with Gasteiger partial charge in [0, 0.05) is 31.8 Å². The molecule has 2 aliphatic rings. The van der Waals surface area contributed by atoms with Crippen LogP contribution in [0.3, 0.4) is 0 Å². The van der Waals surface area contributed by atoms with Crippen molar-refractivity contribution in [3.63, 3.8) is 0 Å². The number of aryl methyl sites for hydroxylation is 2. The van der Waals surface area contributed by atoms with Crippen LogP contribution in [0, 0.1) is 13.8 Å². The van der Waals surface area contributed by atoms with Crippen LogP contribution in [0.1, 0.15) is 62.6 Å². The number of halogens is 1. The van der Waals surface area contributed by atoms with Crippen molar-refractivity contribution in [2.75, 3.05) is 20.2 Å². The minimum atomic E-state index is 0. The highest BCUT2D eigenvalue weighted by Crippen LogP contribution is 2.37. The lowest BCUT2D eigenvalue weighted by Crippen LogP contribution is -2.52. The van der Waals surface area contributed by atoms with Gasteiger partial charge in [-0.2, -0.15) is 0 Å². The molecular formula is C22H34ClN3O2. The molecule has 5 nitrogen and oxygen atoms in total. The number of methoxy groups -OCH3 is 1. The van der Waals surface area contributed by atoms with Crippen LogP contribution in [0.2, 0.25) is 0 Å². The lowest BCUT2D eigenvalue weighted by Gasteiger charge is -2.48. The Morgan fingerprint density at radius 1 is 1.07 bits per heavy atom. The third-order valence-electron chi connectivity index (χ3n) is 7.27. The van der Waals surface area contributed by atoms with E-state index in [1.54, 1.807) is 0 Å². The Bertz CT molecular complexity index is 872. The number of hydrogen-bond acceptors (Lipinski definition) is 3. The van der Waals surface area contributed by atoms with E-state index >= 15 is 0 Å². The molecule has 2 heterocycles. The number of aromatic amines is 1. The summed E-state index contributed by atoms with van der Waals surface area (Å²) < 4.78 is 7.57. The zero-order chi connectivity index (χ0) is 19.2. The zero-order valence-corrected chi connectivity index (χ0v) is 18.4. The Morgan fingerprint density at radius 3 is 2.29 bits per heavy atom. The van der Waals surface area contributed by atoms with E-state index < -0.39 is 0 Å². The quantitative estimate of drug-likeness (QED) is 0.822. The Morgan fingerprint density at radius 2 is 1.68 bits per heavy atom. The number of rotatable bonds is 3. The maximum absolute atomic E-state index is 12.7. The number of nitrogens with one attached hydrogen (secondary N) is 1. The van der Waals surface area contributed by atoms with Crippen molar-refractivity contribution in [1.82, 2.24) is 14.5 Å². The van der Waals surface area contributed by atoms with E-state index in [1.807, 2.05) is 11.7 Å². The van der Waals surface area contributed by atoms with Crippen LogP contribution in [0.4, 0.5) is 0 Å². The lowest BCUT2D eigenvalue weighted by molar-refractivity contribution is -0.0146. The van der Waals surface area contributed by atoms with Crippen molar-refractivity contribution in [2.24, 2.45) is 0 Å². The van der Waals surface area contributed by atoms with E-state index in [4.69, 9.17) is 4.74 Å². The van der Waals surface area contributed by atoms with Crippen LogP contribution in [0.5, 0.6) is 0 Å². The predicted octanol–water partition coefficient (Wildman–Crippen LogP) is 4.35. The number of imidazole rings is 1. The van der Waals surface area contributed by atoms with Crippen molar-refractivity contribution in [3.8, 4) is 0 Å². The molecule has 1 aliphatic carbocycles. The first-order valence-corrected chi connectivity index (χ1v) is 10.4. The molecule has 2 fully saturated rings. The monoisotopic (exact) mass is 407 g/mol. The van der Waals surface area contributed by atoms with Crippen molar-refractivity contribution in [2.45, 2.75) is 77.0 Å². The highest BCUT2D eigenvalue weighted by Gasteiger charge is 2.38. The van der Waals surface area contributed by atoms with E-state index in [0.29, 0.717) is 17.7 Å². The highest BCUT2D eigenvalue weighted by atomic mass is 35.5. The topological polar surface area (TPSA) is 50.3 Å². The first kappa shape index (κ1) is 21.4. The van der Waals surface area contributed by atoms with Crippen LogP contribution in [0.15, 0.2) is 16.9 Å². The van der Waals surface area contributed by atoms with Crippen molar-refractivity contribution in [1.29, 1.82) is 0 Å². The molecular weight excluding hydrogens is 374 g/mol. The first-order chi connectivity index (χ1) is 12.9. The number of aromatic nitrogens is 2. The molecule has 156 valence electrons. The predicted molar refractivity (Wildman–Crippen MR) is 117 cm³/mol. The summed E-state index contributed by atoms with van der Waals surface area (Å²) >= 11 is 0. The standard InChI is InChI=1S/C22H33N3O2.ClH/c1-15-13-19-20(14-16(15)2)25(21(26)23-19)17-7-11-24(12-8-17)22(3)9-5-18(27-4)6-10-22;/h13-14,17-18H,5-12H2,1-4H3,(H,23,26);1H/t18-,22-;. The van der Waals surface area contributed by atoms with Gasteiger partial charge in [0.05, 0.1) is 17.1 Å². The molecule has 1 aromatic carbocycles. The molecule has 4 rings (SSSR count). The smallest absolute Gasteiger partial charge is 0.326 e. The fourth-order valence-electron chi connectivity index (χ4n) is 5.18. The number of fused-ring (bicyclic) bond motifs is 1. The minimum Gasteiger partial charge on any atom is -0.381 e. The molecule has 0 spiro atoms. The number of hydrogen-bond donors (Lipinski definition) is 1. The molecule has 1 saturated carbocycles. The normalized spacial score (nSPS) is 27.1. The van der Waals surface area contributed by atoms with Gasteiger partial charge in [-0.15, -0.1) is 12.4 Å². The highest BCUT2D eigenvalue weighted by molar-refractivity contribution is 5.85. The Balaban J connectivity index is 0.00000225. The maximum atomic E-state index is 12.7. The Labute approximate surface area is 173 Å². The zero-order valence-electron chi connectivity index (χ0n) is 17.6. The second-order valence-corrected chi connectivity index (χ2v) is 8.90. The summed E-state index contributed by atoms with van der Waals surface area (Å²) in [7, 11) is 1.83. The summed E-state index contributed by atoms with van der Waals surface area (Å²) in [5.74, 6) is 0. The van der Waals surface area contributed by atoms with Crippen LogP contribution in [-0.4, -0.2) is 46.3 Å². The number of H-pyrrole nitrogens is 1. The van der Waals surface area contributed by atoms with Crippen LogP contribution in [-0.2, 0) is 4.74 Å². The van der Waals surface area contributed by atoms with E-state index in [2.05, 4.69) is 42.8 Å². The third-order valence-corrected chi connectivity index (χ3v) is 7.27. The van der Waals surface area contributed by atoms with Gasteiger partial charge >= 0.3 is 5.69 Å². The molecule has 0 atom stereocenters. The second-order valence-electron chi connectivity index (χ2n) is 8.90. The van der Waals surface area contributed by atoms with E-state index in [9.17, 15) is 4.79 Å². The average Bonchev–Trinajstić information content (AvgIpc) is 2.97. The second kappa shape index (κ2) is 8.21. The number of piperidine rings is 1.